The lowest BCUT2D eigenvalue weighted by atomic mass is 9.95. The summed E-state index contributed by atoms with van der Waals surface area (Å²) < 4.78 is 1.83. The average Bonchev–Trinajstić information content (AvgIpc) is 3.09. The van der Waals surface area contributed by atoms with Crippen molar-refractivity contribution in [2.45, 2.75) is 46.3 Å². The van der Waals surface area contributed by atoms with Gasteiger partial charge in [0, 0.05) is 18.9 Å². The van der Waals surface area contributed by atoms with Gasteiger partial charge in [0.1, 0.15) is 6.17 Å². The van der Waals surface area contributed by atoms with Crippen molar-refractivity contribution in [2.75, 3.05) is 6.54 Å². The van der Waals surface area contributed by atoms with E-state index < -0.39 is 5.54 Å². The number of benzene rings is 1. The Morgan fingerprint density at radius 3 is 2.42 bits per heavy atom. The third-order valence-corrected chi connectivity index (χ3v) is 4.23. The molecule has 128 valence electrons. The number of hydrogen-bond acceptors (Lipinski definition) is 3. The summed E-state index contributed by atoms with van der Waals surface area (Å²) in [6.07, 6.45) is 3.58. The second-order valence-electron chi connectivity index (χ2n) is 8.21. The van der Waals surface area contributed by atoms with E-state index in [1.165, 1.54) is 0 Å². The maximum atomic E-state index is 12.8. The van der Waals surface area contributed by atoms with Crippen molar-refractivity contribution in [2.24, 2.45) is 5.41 Å². The first-order valence-corrected chi connectivity index (χ1v) is 8.36. The Labute approximate surface area is 143 Å². The normalized spacial score (nSPS) is 20.6. The molecule has 0 aliphatic carbocycles. The Morgan fingerprint density at radius 1 is 1.21 bits per heavy atom. The van der Waals surface area contributed by atoms with Crippen LogP contribution in [0.1, 0.15) is 46.3 Å². The molecule has 1 saturated heterocycles. The van der Waals surface area contributed by atoms with E-state index in [1.807, 2.05) is 47.8 Å². The summed E-state index contributed by atoms with van der Waals surface area (Å²) in [7, 11) is 0. The lowest BCUT2D eigenvalue weighted by Crippen LogP contribution is -2.41. The van der Waals surface area contributed by atoms with Crippen molar-refractivity contribution >= 4 is 5.91 Å². The van der Waals surface area contributed by atoms with Crippen LogP contribution in [0, 0.1) is 5.41 Å². The number of rotatable bonds is 3. The van der Waals surface area contributed by atoms with Crippen LogP contribution in [0.3, 0.4) is 0 Å². The highest BCUT2D eigenvalue weighted by Crippen LogP contribution is 2.33. The first-order valence-electron chi connectivity index (χ1n) is 8.36. The number of carbonyl (C=O) groups is 1. The molecule has 1 aromatic heterocycles. The minimum absolute atomic E-state index is 0.0466. The third kappa shape index (κ3) is 3.22. The molecule has 1 N–H and O–H groups in total. The second kappa shape index (κ2) is 5.74. The largest absolute Gasteiger partial charge is 0.321 e. The summed E-state index contributed by atoms with van der Waals surface area (Å²) in [6, 6.07) is 10.1. The zero-order chi connectivity index (χ0) is 17.5. The van der Waals surface area contributed by atoms with Crippen molar-refractivity contribution in [3.63, 3.8) is 0 Å². The molecule has 1 atom stereocenters. The van der Waals surface area contributed by atoms with Crippen LogP contribution in [0.5, 0.6) is 0 Å². The van der Waals surface area contributed by atoms with Gasteiger partial charge < -0.3 is 4.90 Å². The molecule has 3 rings (SSSR count). The van der Waals surface area contributed by atoms with Crippen molar-refractivity contribution in [3.05, 3.63) is 48.3 Å². The molecule has 5 heteroatoms. The fourth-order valence-electron chi connectivity index (χ4n) is 3.13. The van der Waals surface area contributed by atoms with Crippen LogP contribution in [0.25, 0.3) is 5.69 Å². The first-order chi connectivity index (χ1) is 11.2. The van der Waals surface area contributed by atoms with Crippen LogP contribution in [0.15, 0.2) is 42.7 Å². The molecule has 2 heterocycles. The van der Waals surface area contributed by atoms with Crippen LogP contribution in [-0.2, 0) is 4.79 Å². The Kier molecular flexibility index (Phi) is 4.00. The van der Waals surface area contributed by atoms with Crippen LogP contribution in [-0.4, -0.2) is 32.7 Å². The van der Waals surface area contributed by atoms with Crippen LogP contribution in [0.2, 0.25) is 0 Å². The van der Waals surface area contributed by atoms with Crippen LogP contribution < -0.4 is 5.32 Å². The summed E-state index contributed by atoms with van der Waals surface area (Å²) in [5.74, 6) is 0.151. The maximum Gasteiger partial charge on any atom is 0.243 e. The maximum absolute atomic E-state index is 12.8. The molecule has 1 unspecified atom stereocenters. The molecule has 1 aliphatic rings. The number of nitrogens with one attached hydrogen (secondary N) is 1. The predicted octanol–water partition coefficient (Wildman–Crippen LogP) is 3.13. The van der Waals surface area contributed by atoms with Gasteiger partial charge in [0.15, 0.2) is 0 Å². The summed E-state index contributed by atoms with van der Waals surface area (Å²) in [5.41, 5.74) is 1.60. The molecule has 5 nitrogen and oxygen atoms in total. The highest BCUT2D eigenvalue weighted by molar-refractivity contribution is 5.88. The fourth-order valence-corrected chi connectivity index (χ4v) is 3.13. The minimum Gasteiger partial charge on any atom is -0.321 e. The van der Waals surface area contributed by atoms with Crippen LogP contribution in [0.4, 0.5) is 0 Å². The van der Waals surface area contributed by atoms with E-state index in [4.69, 9.17) is 0 Å². The van der Waals surface area contributed by atoms with Crippen molar-refractivity contribution < 1.29 is 4.79 Å². The Balaban J connectivity index is 1.89. The van der Waals surface area contributed by atoms with E-state index in [0.717, 1.165) is 11.3 Å². The zero-order valence-corrected chi connectivity index (χ0v) is 15.1. The van der Waals surface area contributed by atoms with E-state index >= 15 is 0 Å². The van der Waals surface area contributed by atoms with Gasteiger partial charge in [-0.2, -0.15) is 5.10 Å². The standard InChI is InChI=1S/C19H26N4O/c1-18(2,3)13-22-16(21-19(4,5)17(22)24)14-7-9-15(10-8-14)23-12-6-11-20-23/h6-12,16,21H,13H2,1-5H3. The number of hydrogen-bond donors (Lipinski definition) is 1. The van der Waals surface area contributed by atoms with Crippen molar-refractivity contribution in [1.29, 1.82) is 0 Å². The summed E-state index contributed by atoms with van der Waals surface area (Å²) in [4.78, 5) is 14.8. The van der Waals surface area contributed by atoms with E-state index in [2.05, 4.69) is 43.3 Å². The van der Waals surface area contributed by atoms with Gasteiger partial charge in [-0.15, -0.1) is 0 Å². The van der Waals surface area contributed by atoms with Gasteiger partial charge in [-0.05, 0) is 43.0 Å². The van der Waals surface area contributed by atoms with Crippen LogP contribution >= 0.6 is 0 Å². The van der Waals surface area contributed by atoms with Gasteiger partial charge in [0.2, 0.25) is 5.91 Å². The number of nitrogens with zero attached hydrogens (tertiary/aromatic N) is 3. The molecule has 1 aliphatic heterocycles. The van der Waals surface area contributed by atoms with Gasteiger partial charge in [-0.1, -0.05) is 32.9 Å². The molecule has 1 aromatic carbocycles. The number of aromatic nitrogens is 2. The predicted molar refractivity (Wildman–Crippen MR) is 94.7 cm³/mol. The highest BCUT2D eigenvalue weighted by Gasteiger charge is 2.46. The zero-order valence-electron chi connectivity index (χ0n) is 15.1. The smallest absolute Gasteiger partial charge is 0.243 e. The third-order valence-electron chi connectivity index (χ3n) is 4.23. The monoisotopic (exact) mass is 326 g/mol. The molecule has 0 bridgehead atoms. The summed E-state index contributed by atoms with van der Waals surface area (Å²) >= 11 is 0. The molecule has 1 fully saturated rings. The molecule has 24 heavy (non-hydrogen) atoms. The van der Waals surface area contributed by atoms with Crippen molar-refractivity contribution in [3.8, 4) is 5.69 Å². The lowest BCUT2D eigenvalue weighted by Gasteiger charge is -2.31. The molecule has 0 radical (unpaired) electrons. The molecular weight excluding hydrogens is 300 g/mol. The first kappa shape index (κ1) is 16.7. The van der Waals surface area contributed by atoms with E-state index in [-0.39, 0.29) is 17.5 Å². The molecule has 1 amide bonds. The Bertz CT molecular complexity index is 711. The number of carbonyl (C=O) groups excluding carboxylic acids is 1. The quantitative estimate of drug-likeness (QED) is 0.943. The Hall–Kier alpha value is -2.14. The van der Waals surface area contributed by atoms with Gasteiger partial charge in [-0.25, -0.2) is 4.68 Å². The van der Waals surface area contributed by atoms with Gasteiger partial charge in [0.25, 0.3) is 0 Å². The van der Waals surface area contributed by atoms with Gasteiger partial charge in [0.05, 0.1) is 11.2 Å². The van der Waals surface area contributed by atoms with Crippen molar-refractivity contribution in [1.82, 2.24) is 20.0 Å². The Morgan fingerprint density at radius 2 is 1.88 bits per heavy atom. The summed E-state index contributed by atoms with van der Waals surface area (Å²) in [5, 5.41) is 7.73. The van der Waals surface area contributed by atoms with E-state index in [9.17, 15) is 4.79 Å². The molecule has 0 spiro atoms. The molecular formula is C19H26N4O. The average molecular weight is 326 g/mol. The fraction of sp³-hybridized carbons (Fsp3) is 0.474. The molecule has 2 aromatic rings. The van der Waals surface area contributed by atoms with E-state index in [0.29, 0.717) is 6.54 Å². The SMILES string of the molecule is CC(C)(C)CN1C(=O)C(C)(C)NC1c1ccc(-n2cccn2)cc1. The minimum atomic E-state index is -0.545. The highest BCUT2D eigenvalue weighted by atomic mass is 16.2. The number of amides is 1. The van der Waals surface area contributed by atoms with Gasteiger partial charge >= 0.3 is 0 Å². The second-order valence-corrected chi connectivity index (χ2v) is 8.21. The topological polar surface area (TPSA) is 50.2 Å². The lowest BCUT2D eigenvalue weighted by molar-refractivity contribution is -0.133. The van der Waals surface area contributed by atoms with Gasteiger partial charge in [-0.3, -0.25) is 10.1 Å². The molecule has 0 saturated carbocycles. The summed E-state index contributed by atoms with van der Waals surface area (Å²) in [6.45, 7) is 11.1. The van der Waals surface area contributed by atoms with E-state index in [1.54, 1.807) is 6.20 Å².